The molecule has 3 heterocycles. The highest BCUT2D eigenvalue weighted by atomic mass is 79.9. The number of sulfone groups is 1. The lowest BCUT2D eigenvalue weighted by Crippen LogP contribution is -2.53. The van der Waals surface area contributed by atoms with Crippen LogP contribution in [0.15, 0.2) is 28.9 Å². The van der Waals surface area contributed by atoms with Gasteiger partial charge in [-0.25, -0.2) is 13.4 Å². The number of piperazine rings is 1. The van der Waals surface area contributed by atoms with E-state index in [-0.39, 0.29) is 5.75 Å². The Morgan fingerprint density at radius 3 is 2.26 bits per heavy atom. The predicted molar refractivity (Wildman–Crippen MR) is 211 cm³/mol. The van der Waals surface area contributed by atoms with E-state index in [1.54, 1.807) is 26.6 Å². The Kier molecular flexibility index (Phi) is 12.3. The summed E-state index contributed by atoms with van der Waals surface area (Å²) in [6.45, 7) is 18.3. The molecular weight excluding hydrogens is 737 g/mol. The van der Waals surface area contributed by atoms with Gasteiger partial charge in [0, 0.05) is 81.4 Å². The van der Waals surface area contributed by atoms with Crippen molar-refractivity contribution in [3.8, 4) is 5.75 Å². The number of anilines is 5. The average molecular weight is 791 g/mol. The van der Waals surface area contributed by atoms with Crippen LogP contribution >= 0.6 is 23.1 Å². The highest BCUT2D eigenvalue weighted by molar-refractivity contribution is 9.10. The minimum atomic E-state index is -2.94. The van der Waals surface area contributed by atoms with Crippen LogP contribution in [0.1, 0.15) is 42.0 Å². The summed E-state index contributed by atoms with van der Waals surface area (Å²) in [6.07, 6.45) is 6.06. The first-order valence-electron chi connectivity index (χ1n) is 17.4. The van der Waals surface area contributed by atoms with Crippen LogP contribution in [0.3, 0.4) is 0 Å². The van der Waals surface area contributed by atoms with Crippen molar-refractivity contribution < 1.29 is 17.7 Å². The van der Waals surface area contributed by atoms with Gasteiger partial charge in [-0.05, 0) is 104 Å². The maximum absolute atomic E-state index is 13.4. The highest BCUT2D eigenvalue weighted by Gasteiger charge is 2.29. The number of hydrogen-bond acceptors (Lipinski definition) is 11. The average Bonchev–Trinajstić information content (AvgIpc) is 3.07. The molecule has 3 aromatic rings. The lowest BCUT2D eigenvalue weighted by molar-refractivity contribution is 0.0882. The molecule has 0 bridgehead atoms. The minimum Gasteiger partial charge on any atom is -0.494 e. The van der Waals surface area contributed by atoms with Gasteiger partial charge in [-0.2, -0.15) is 4.98 Å². The molecule has 5 rings (SSSR count). The first-order chi connectivity index (χ1) is 23.6. The summed E-state index contributed by atoms with van der Waals surface area (Å²) in [5.41, 5.74) is 7.29. The molecular formula is C36H53BrN7O4PS. The third kappa shape index (κ3) is 9.20. The molecule has 0 aliphatic carbocycles. The lowest BCUT2D eigenvalue weighted by atomic mass is 9.99. The minimum absolute atomic E-state index is 0.231. The molecule has 0 unspecified atom stereocenters. The van der Waals surface area contributed by atoms with Gasteiger partial charge in [0.1, 0.15) is 28.5 Å². The molecule has 0 radical (unpaired) electrons. The summed E-state index contributed by atoms with van der Waals surface area (Å²) in [4.78, 5) is 16.7. The van der Waals surface area contributed by atoms with Crippen molar-refractivity contribution in [2.24, 2.45) is 0 Å². The third-order valence-corrected chi connectivity index (χ3v) is 13.4. The molecule has 2 fully saturated rings. The maximum Gasteiger partial charge on any atom is 0.229 e. The van der Waals surface area contributed by atoms with E-state index in [4.69, 9.17) is 9.72 Å². The molecule has 2 N–H and O–H groups in total. The van der Waals surface area contributed by atoms with Crippen LogP contribution in [0.25, 0.3) is 0 Å². The molecule has 0 saturated carbocycles. The molecule has 0 spiro atoms. The number of benzene rings is 2. The van der Waals surface area contributed by atoms with Gasteiger partial charge in [0.25, 0.3) is 0 Å². The van der Waals surface area contributed by atoms with Crippen molar-refractivity contribution in [1.82, 2.24) is 19.8 Å². The Morgan fingerprint density at radius 1 is 0.980 bits per heavy atom. The molecule has 2 aliphatic rings. The van der Waals surface area contributed by atoms with Crippen molar-refractivity contribution in [3.63, 3.8) is 0 Å². The predicted octanol–water partition coefficient (Wildman–Crippen LogP) is 6.10. The molecule has 14 heteroatoms. The number of methoxy groups -OCH3 is 1. The topological polar surface area (TPSA) is 120 Å². The third-order valence-electron chi connectivity index (χ3n) is 10.2. The fourth-order valence-electron chi connectivity index (χ4n) is 7.20. The van der Waals surface area contributed by atoms with Gasteiger partial charge in [-0.3, -0.25) is 9.80 Å². The van der Waals surface area contributed by atoms with Crippen LogP contribution in [-0.4, -0.2) is 112 Å². The van der Waals surface area contributed by atoms with Gasteiger partial charge >= 0.3 is 0 Å². The lowest BCUT2D eigenvalue weighted by Gasteiger charge is -2.43. The van der Waals surface area contributed by atoms with Gasteiger partial charge in [-0.1, -0.05) is 6.92 Å². The normalized spacial score (nSPS) is 16.9. The number of aromatic nitrogens is 2. The summed E-state index contributed by atoms with van der Waals surface area (Å²) in [5.74, 6) is 1.94. The molecule has 274 valence electrons. The second kappa shape index (κ2) is 15.9. The first kappa shape index (κ1) is 38.5. The fourth-order valence-corrected chi connectivity index (χ4v) is 9.75. The number of aryl methyl sites for hydroxylation is 2. The second-order valence-electron chi connectivity index (χ2n) is 14.1. The fraction of sp³-hybridized carbons (Fsp3) is 0.556. The van der Waals surface area contributed by atoms with Crippen LogP contribution in [0, 0.1) is 20.8 Å². The van der Waals surface area contributed by atoms with E-state index >= 15 is 0 Å². The molecule has 2 saturated heterocycles. The molecule has 2 aliphatic heterocycles. The van der Waals surface area contributed by atoms with Crippen LogP contribution in [0.4, 0.5) is 28.8 Å². The summed E-state index contributed by atoms with van der Waals surface area (Å²) >= 11 is 3.61. The van der Waals surface area contributed by atoms with E-state index in [1.165, 1.54) is 17.5 Å². The molecule has 0 amide bonds. The van der Waals surface area contributed by atoms with E-state index in [9.17, 15) is 13.0 Å². The zero-order valence-electron chi connectivity index (χ0n) is 30.8. The summed E-state index contributed by atoms with van der Waals surface area (Å²) in [7, 11) is -3.84. The Balaban J connectivity index is 1.29. The molecule has 1 aromatic heterocycles. The Labute approximate surface area is 307 Å². The van der Waals surface area contributed by atoms with E-state index < -0.39 is 17.0 Å². The monoisotopic (exact) mass is 789 g/mol. The zero-order valence-corrected chi connectivity index (χ0v) is 34.1. The van der Waals surface area contributed by atoms with E-state index in [0.717, 1.165) is 97.7 Å². The van der Waals surface area contributed by atoms with Crippen molar-refractivity contribution in [2.45, 2.75) is 53.0 Å². The van der Waals surface area contributed by atoms with Crippen molar-refractivity contribution in [2.75, 3.05) is 93.8 Å². The number of ether oxygens (including phenoxy) is 1. The number of nitrogens with one attached hydrogen (secondary N) is 2. The number of hydrogen-bond donors (Lipinski definition) is 2. The standard InChI is InChI=1S/C36H53BrN7O4PS/c1-9-27-21-30(40-36-38-23-29(37)35(41-36)39-31-20-24(2)25(3)26(4)34(31)49(6,7)45)33(48-5)22-32(27)44-12-10-28(11-13-44)43-16-14-42(15-17-43)18-19-50(8,46)47/h20-23,28H,9-19H2,1-8H3,(H2,38,39,40,41). The smallest absolute Gasteiger partial charge is 0.229 e. The maximum atomic E-state index is 13.4. The Morgan fingerprint density at radius 2 is 1.66 bits per heavy atom. The number of halogens is 1. The largest absolute Gasteiger partial charge is 0.494 e. The molecule has 50 heavy (non-hydrogen) atoms. The van der Waals surface area contributed by atoms with Crippen LogP contribution in [0.2, 0.25) is 0 Å². The Bertz CT molecular complexity index is 1850. The molecule has 2 aromatic carbocycles. The van der Waals surface area contributed by atoms with Crippen molar-refractivity contribution in [1.29, 1.82) is 0 Å². The van der Waals surface area contributed by atoms with Crippen LogP contribution < -0.4 is 25.6 Å². The van der Waals surface area contributed by atoms with E-state index in [1.807, 2.05) is 13.0 Å². The van der Waals surface area contributed by atoms with Gasteiger partial charge in [0.05, 0.1) is 28.7 Å². The van der Waals surface area contributed by atoms with Gasteiger partial charge < -0.3 is 24.8 Å². The molecule has 11 nitrogen and oxygen atoms in total. The summed E-state index contributed by atoms with van der Waals surface area (Å²) < 4.78 is 43.2. The SMILES string of the molecule is CCc1cc(Nc2ncc(Br)c(Nc3cc(C)c(C)c(C)c3P(C)(C)=O)n2)c(OC)cc1N1CCC(N2CCN(CCS(C)(=O)=O)CC2)CC1. The second-order valence-corrected chi connectivity index (χ2v) is 20.4. The van der Waals surface area contributed by atoms with Crippen molar-refractivity contribution >= 4 is 67.0 Å². The molecule has 0 atom stereocenters. The zero-order chi connectivity index (χ0) is 36.4. The number of nitrogens with zero attached hydrogens (tertiary/aromatic N) is 5. The number of rotatable bonds is 12. The van der Waals surface area contributed by atoms with Crippen LogP contribution in [-0.2, 0) is 20.8 Å². The van der Waals surface area contributed by atoms with E-state index in [2.05, 4.69) is 79.2 Å². The van der Waals surface area contributed by atoms with Crippen molar-refractivity contribution in [3.05, 3.63) is 51.1 Å². The number of piperidine rings is 1. The first-order valence-corrected chi connectivity index (χ1v) is 22.9. The highest BCUT2D eigenvalue weighted by Crippen LogP contribution is 2.42. The summed E-state index contributed by atoms with van der Waals surface area (Å²) in [5, 5.41) is 7.69. The van der Waals surface area contributed by atoms with Gasteiger partial charge in [0.2, 0.25) is 5.95 Å². The van der Waals surface area contributed by atoms with Crippen LogP contribution in [0.5, 0.6) is 5.75 Å². The van der Waals surface area contributed by atoms with Gasteiger partial charge in [0.15, 0.2) is 0 Å². The van der Waals surface area contributed by atoms with E-state index in [0.29, 0.717) is 28.8 Å². The van der Waals surface area contributed by atoms with Gasteiger partial charge in [-0.15, -0.1) is 0 Å². The Hall–Kier alpha value is -2.70. The summed E-state index contributed by atoms with van der Waals surface area (Å²) in [6, 6.07) is 6.86. The quantitative estimate of drug-likeness (QED) is 0.207.